The maximum absolute atomic E-state index is 12.7. The highest BCUT2D eigenvalue weighted by Gasteiger charge is 2.23. The number of sulfonamides is 1. The molecule has 0 spiro atoms. The van der Waals surface area contributed by atoms with E-state index in [9.17, 15) is 13.2 Å². The maximum Gasteiger partial charge on any atom is 0.271 e. The molecule has 0 bridgehead atoms. The first kappa shape index (κ1) is 20.1. The van der Waals surface area contributed by atoms with Gasteiger partial charge in [-0.15, -0.1) is 11.3 Å². The summed E-state index contributed by atoms with van der Waals surface area (Å²) in [7, 11) is -0.430. The van der Waals surface area contributed by atoms with E-state index in [1.54, 1.807) is 26.2 Å². The van der Waals surface area contributed by atoms with E-state index < -0.39 is 10.0 Å². The third-order valence-electron chi connectivity index (χ3n) is 3.99. The van der Waals surface area contributed by atoms with Crippen molar-refractivity contribution in [3.05, 3.63) is 33.7 Å². The largest absolute Gasteiger partial charge is 0.353 e. The number of piperazine rings is 1. The van der Waals surface area contributed by atoms with Crippen LogP contribution < -0.4 is 14.9 Å². The molecule has 0 radical (unpaired) electrons. The highest BCUT2D eigenvalue weighted by molar-refractivity contribution is 9.11. The average molecular weight is 474 g/mol. The number of carbonyl (C=O) groups is 1. The first-order valence-electron chi connectivity index (χ1n) is 8.23. The van der Waals surface area contributed by atoms with Gasteiger partial charge in [-0.2, -0.15) is 0 Å². The van der Waals surface area contributed by atoms with Crippen molar-refractivity contribution < 1.29 is 13.2 Å². The van der Waals surface area contributed by atoms with Crippen LogP contribution in [0.1, 0.15) is 10.4 Å². The normalized spacial score (nSPS) is 14.9. The van der Waals surface area contributed by atoms with Gasteiger partial charge in [-0.3, -0.25) is 9.52 Å². The molecular formula is C16H20BrN5O3S2. The van der Waals surface area contributed by atoms with Crippen LogP contribution in [0.5, 0.6) is 0 Å². The highest BCUT2D eigenvalue weighted by Crippen LogP contribution is 2.29. The van der Waals surface area contributed by atoms with Crippen molar-refractivity contribution in [1.29, 1.82) is 0 Å². The molecule has 3 rings (SSSR count). The second kappa shape index (κ2) is 8.13. The van der Waals surface area contributed by atoms with Gasteiger partial charge >= 0.3 is 0 Å². The zero-order valence-electron chi connectivity index (χ0n) is 14.9. The Balaban J connectivity index is 1.95. The molecule has 2 aromatic heterocycles. The van der Waals surface area contributed by atoms with Gasteiger partial charge < -0.3 is 15.1 Å². The summed E-state index contributed by atoms with van der Waals surface area (Å²) in [5.74, 6) is 0.341. The van der Waals surface area contributed by atoms with Gasteiger partial charge in [0.25, 0.3) is 15.9 Å². The monoisotopic (exact) mass is 473 g/mol. The van der Waals surface area contributed by atoms with Crippen LogP contribution in [0.3, 0.4) is 0 Å². The number of amides is 1. The summed E-state index contributed by atoms with van der Waals surface area (Å²) in [4.78, 5) is 20.6. The minimum Gasteiger partial charge on any atom is -0.353 e. The minimum absolute atomic E-state index is 0.182. The molecule has 146 valence electrons. The average Bonchev–Trinajstić information content (AvgIpc) is 3.09. The second-order valence-electron chi connectivity index (χ2n) is 6.20. The number of rotatable bonds is 5. The number of nitrogens with one attached hydrogen (secondary N) is 2. The lowest BCUT2D eigenvalue weighted by molar-refractivity contribution is 0.0827. The van der Waals surface area contributed by atoms with Crippen LogP contribution in [0.4, 0.5) is 11.5 Å². The molecule has 1 amide bonds. The summed E-state index contributed by atoms with van der Waals surface area (Å²) in [6, 6.07) is 4.74. The Bertz CT molecular complexity index is 939. The van der Waals surface area contributed by atoms with E-state index in [0.717, 1.165) is 41.3 Å². The molecule has 0 aromatic carbocycles. The Morgan fingerprint density at radius 2 is 2.04 bits per heavy atom. The smallest absolute Gasteiger partial charge is 0.271 e. The standard InChI is InChI=1S/C16H20BrN5O3S2/c1-21(2)16(23)12-9-11(10-19-15(12)22-7-5-18-6-8-22)20-27(24,25)14-4-3-13(17)26-14/h3-4,9-10,18,20H,5-8H2,1-2H3. The fraction of sp³-hybridized carbons (Fsp3) is 0.375. The molecule has 0 aliphatic carbocycles. The van der Waals surface area contributed by atoms with Gasteiger partial charge in [0, 0.05) is 40.3 Å². The summed E-state index contributed by atoms with van der Waals surface area (Å²) in [6.07, 6.45) is 1.45. The summed E-state index contributed by atoms with van der Waals surface area (Å²) in [5, 5.41) is 3.26. The van der Waals surface area contributed by atoms with Crippen LogP contribution in [0.15, 0.2) is 32.4 Å². The first-order chi connectivity index (χ1) is 12.8. The number of carbonyl (C=O) groups excluding carboxylic acids is 1. The van der Waals surface area contributed by atoms with Gasteiger partial charge in [-0.1, -0.05) is 0 Å². The maximum atomic E-state index is 12.7. The molecule has 27 heavy (non-hydrogen) atoms. The Morgan fingerprint density at radius 1 is 1.33 bits per heavy atom. The molecule has 1 aliphatic rings. The molecule has 1 fully saturated rings. The van der Waals surface area contributed by atoms with Crippen molar-refractivity contribution in [2.45, 2.75) is 4.21 Å². The van der Waals surface area contributed by atoms with Gasteiger partial charge in [0.2, 0.25) is 0 Å². The van der Waals surface area contributed by atoms with Gasteiger partial charge in [-0.25, -0.2) is 13.4 Å². The van der Waals surface area contributed by atoms with Gasteiger partial charge in [-0.05, 0) is 34.1 Å². The van der Waals surface area contributed by atoms with Crippen molar-refractivity contribution in [2.75, 3.05) is 49.9 Å². The third-order valence-corrected chi connectivity index (χ3v) is 7.48. The van der Waals surface area contributed by atoms with Crippen LogP contribution in [0.25, 0.3) is 0 Å². The third kappa shape index (κ3) is 4.60. The first-order valence-corrected chi connectivity index (χ1v) is 11.3. The van der Waals surface area contributed by atoms with Crippen LogP contribution in [-0.2, 0) is 10.0 Å². The quantitative estimate of drug-likeness (QED) is 0.687. The molecule has 11 heteroatoms. The molecule has 3 heterocycles. The van der Waals surface area contributed by atoms with Crippen molar-refractivity contribution in [3.63, 3.8) is 0 Å². The van der Waals surface area contributed by atoms with E-state index in [2.05, 4.69) is 31.0 Å². The van der Waals surface area contributed by atoms with Crippen molar-refractivity contribution in [1.82, 2.24) is 15.2 Å². The Hall–Kier alpha value is -1.69. The SMILES string of the molecule is CN(C)C(=O)c1cc(NS(=O)(=O)c2ccc(Br)s2)cnc1N1CCNCC1. The molecular weight excluding hydrogens is 454 g/mol. The summed E-state index contributed by atoms with van der Waals surface area (Å²) in [5.41, 5.74) is 0.623. The molecule has 0 saturated carbocycles. The van der Waals surface area contributed by atoms with Crippen LogP contribution in [0.2, 0.25) is 0 Å². The molecule has 1 saturated heterocycles. The number of nitrogens with zero attached hydrogens (tertiary/aromatic N) is 3. The molecule has 2 N–H and O–H groups in total. The number of thiophene rings is 1. The molecule has 8 nitrogen and oxygen atoms in total. The topological polar surface area (TPSA) is 94.6 Å². The van der Waals surface area contributed by atoms with E-state index in [1.807, 2.05) is 4.90 Å². The van der Waals surface area contributed by atoms with Gasteiger partial charge in [0.05, 0.1) is 21.2 Å². The molecule has 0 atom stereocenters. The van der Waals surface area contributed by atoms with Crippen LogP contribution in [0, 0.1) is 0 Å². The fourth-order valence-electron chi connectivity index (χ4n) is 2.69. The number of pyridine rings is 1. The van der Waals surface area contributed by atoms with Gasteiger partial charge in [0.1, 0.15) is 10.0 Å². The minimum atomic E-state index is -3.74. The lowest BCUT2D eigenvalue weighted by Gasteiger charge is -2.30. The lowest BCUT2D eigenvalue weighted by Crippen LogP contribution is -2.44. The van der Waals surface area contributed by atoms with Crippen LogP contribution >= 0.6 is 27.3 Å². The van der Waals surface area contributed by atoms with E-state index in [1.165, 1.54) is 17.2 Å². The predicted octanol–water partition coefficient (Wildman–Crippen LogP) is 1.82. The second-order valence-corrected chi connectivity index (χ2v) is 10.6. The predicted molar refractivity (Wildman–Crippen MR) is 110 cm³/mol. The Labute approximate surface area is 170 Å². The van der Waals surface area contributed by atoms with E-state index >= 15 is 0 Å². The van der Waals surface area contributed by atoms with Crippen molar-refractivity contribution in [2.24, 2.45) is 0 Å². The fourth-order valence-corrected chi connectivity index (χ4v) is 5.73. The zero-order valence-corrected chi connectivity index (χ0v) is 18.1. The summed E-state index contributed by atoms with van der Waals surface area (Å²) in [6.45, 7) is 3.07. The molecule has 1 aliphatic heterocycles. The molecule has 0 unspecified atom stereocenters. The van der Waals surface area contributed by atoms with E-state index in [0.29, 0.717) is 11.4 Å². The summed E-state index contributed by atoms with van der Waals surface area (Å²) >= 11 is 4.37. The number of halogens is 1. The highest BCUT2D eigenvalue weighted by atomic mass is 79.9. The Kier molecular flexibility index (Phi) is 6.04. The van der Waals surface area contributed by atoms with Crippen molar-refractivity contribution in [3.8, 4) is 0 Å². The number of hydrogen-bond donors (Lipinski definition) is 2. The van der Waals surface area contributed by atoms with E-state index in [4.69, 9.17) is 0 Å². The lowest BCUT2D eigenvalue weighted by atomic mass is 10.2. The van der Waals surface area contributed by atoms with Crippen LogP contribution in [-0.4, -0.2) is 64.5 Å². The number of aromatic nitrogens is 1. The Morgan fingerprint density at radius 3 is 2.63 bits per heavy atom. The number of hydrogen-bond acceptors (Lipinski definition) is 7. The number of anilines is 2. The molecule has 2 aromatic rings. The van der Waals surface area contributed by atoms with Crippen molar-refractivity contribution >= 4 is 54.7 Å². The summed E-state index contributed by atoms with van der Waals surface area (Å²) < 4.78 is 28.5. The van der Waals surface area contributed by atoms with E-state index in [-0.39, 0.29) is 15.8 Å². The van der Waals surface area contributed by atoms with Gasteiger partial charge in [0.15, 0.2) is 0 Å². The zero-order chi connectivity index (χ0) is 19.6.